The molecular formula is C14H25N5O. The minimum Gasteiger partial charge on any atom is -0.339 e. The van der Waals surface area contributed by atoms with Crippen molar-refractivity contribution in [3.63, 3.8) is 0 Å². The van der Waals surface area contributed by atoms with Crippen molar-refractivity contribution < 1.29 is 4.79 Å². The Morgan fingerprint density at radius 1 is 1.30 bits per heavy atom. The van der Waals surface area contributed by atoms with Gasteiger partial charge in [-0.2, -0.15) is 5.10 Å². The first-order chi connectivity index (χ1) is 9.40. The number of piperazine rings is 1. The van der Waals surface area contributed by atoms with Gasteiger partial charge >= 0.3 is 0 Å². The first kappa shape index (κ1) is 15.0. The van der Waals surface area contributed by atoms with Crippen LogP contribution >= 0.6 is 0 Å². The summed E-state index contributed by atoms with van der Waals surface area (Å²) in [6.07, 6.45) is 0. The van der Waals surface area contributed by atoms with Gasteiger partial charge in [-0.1, -0.05) is 0 Å². The lowest BCUT2D eigenvalue weighted by Gasteiger charge is -2.35. The molecule has 2 rings (SSSR count). The Labute approximate surface area is 120 Å². The van der Waals surface area contributed by atoms with Crippen LogP contribution in [0.15, 0.2) is 0 Å². The number of hydrogen-bond donors (Lipinski definition) is 1. The Morgan fingerprint density at radius 3 is 2.35 bits per heavy atom. The molecule has 0 saturated carbocycles. The average molecular weight is 279 g/mol. The molecule has 1 atom stereocenters. The Morgan fingerprint density at radius 2 is 1.90 bits per heavy atom. The Hall–Kier alpha value is -1.40. The molecule has 1 amide bonds. The number of rotatable bonds is 3. The fraction of sp³-hybridized carbons (Fsp3) is 0.714. The molecule has 1 fully saturated rings. The standard InChI is InChI=1S/C14H25N5O/c1-10(15)14(20)19-7-5-18(6-8-19)9-13-11(2)16-17(4)12(13)3/h10H,5-9,15H2,1-4H3. The summed E-state index contributed by atoms with van der Waals surface area (Å²) in [6, 6.07) is -0.399. The number of amides is 1. The first-order valence-electron chi connectivity index (χ1n) is 7.16. The molecule has 20 heavy (non-hydrogen) atoms. The van der Waals surface area contributed by atoms with E-state index in [1.165, 1.54) is 11.3 Å². The molecule has 1 aliphatic heterocycles. The maximum atomic E-state index is 11.8. The van der Waals surface area contributed by atoms with E-state index in [1.54, 1.807) is 6.92 Å². The van der Waals surface area contributed by atoms with E-state index < -0.39 is 6.04 Å². The number of aryl methyl sites for hydroxylation is 2. The van der Waals surface area contributed by atoms with Crippen molar-refractivity contribution in [1.29, 1.82) is 0 Å². The monoisotopic (exact) mass is 279 g/mol. The van der Waals surface area contributed by atoms with E-state index in [9.17, 15) is 4.79 Å². The lowest BCUT2D eigenvalue weighted by molar-refractivity contribution is -0.134. The van der Waals surface area contributed by atoms with Crippen LogP contribution in [0, 0.1) is 13.8 Å². The molecule has 1 aromatic heterocycles. The molecule has 1 unspecified atom stereocenters. The van der Waals surface area contributed by atoms with Crippen LogP contribution in [0.4, 0.5) is 0 Å². The van der Waals surface area contributed by atoms with Gasteiger partial charge in [-0.15, -0.1) is 0 Å². The van der Waals surface area contributed by atoms with E-state index in [0.29, 0.717) is 0 Å². The van der Waals surface area contributed by atoms with E-state index in [0.717, 1.165) is 38.4 Å². The zero-order valence-electron chi connectivity index (χ0n) is 12.9. The van der Waals surface area contributed by atoms with E-state index in [4.69, 9.17) is 5.73 Å². The van der Waals surface area contributed by atoms with Gasteiger partial charge in [0.15, 0.2) is 0 Å². The molecule has 112 valence electrons. The molecule has 1 saturated heterocycles. The molecule has 1 aliphatic rings. The number of aromatic nitrogens is 2. The number of carbonyl (C=O) groups excluding carboxylic acids is 1. The predicted octanol–water partition coefficient (Wildman–Crippen LogP) is 0.0283. The largest absolute Gasteiger partial charge is 0.339 e. The second-order valence-corrected chi connectivity index (χ2v) is 5.66. The number of nitrogens with zero attached hydrogens (tertiary/aromatic N) is 4. The normalized spacial score (nSPS) is 18.4. The highest BCUT2D eigenvalue weighted by atomic mass is 16.2. The Kier molecular flexibility index (Phi) is 4.45. The van der Waals surface area contributed by atoms with Crippen LogP contribution in [0.5, 0.6) is 0 Å². The van der Waals surface area contributed by atoms with Gasteiger partial charge in [0.25, 0.3) is 0 Å². The van der Waals surface area contributed by atoms with Crippen molar-refractivity contribution in [2.75, 3.05) is 26.2 Å². The Balaban J connectivity index is 1.93. The fourth-order valence-electron chi connectivity index (χ4n) is 2.68. The highest BCUT2D eigenvalue weighted by molar-refractivity contribution is 5.81. The minimum absolute atomic E-state index is 0.0541. The molecule has 2 heterocycles. The van der Waals surface area contributed by atoms with Crippen LogP contribution in [-0.2, 0) is 18.4 Å². The van der Waals surface area contributed by atoms with Crippen molar-refractivity contribution in [3.05, 3.63) is 17.0 Å². The molecule has 6 heteroatoms. The minimum atomic E-state index is -0.399. The summed E-state index contributed by atoms with van der Waals surface area (Å²) < 4.78 is 1.93. The van der Waals surface area contributed by atoms with Gasteiger partial charge in [0.2, 0.25) is 5.91 Å². The summed E-state index contributed by atoms with van der Waals surface area (Å²) in [6.45, 7) is 10.1. The topological polar surface area (TPSA) is 67.4 Å². The number of nitrogens with two attached hydrogens (primary N) is 1. The van der Waals surface area contributed by atoms with Gasteiger partial charge in [0.1, 0.15) is 0 Å². The smallest absolute Gasteiger partial charge is 0.239 e. The van der Waals surface area contributed by atoms with Crippen LogP contribution in [0.25, 0.3) is 0 Å². The van der Waals surface area contributed by atoms with Gasteiger partial charge < -0.3 is 10.6 Å². The maximum absolute atomic E-state index is 11.8. The lowest BCUT2D eigenvalue weighted by Crippen LogP contribution is -2.52. The maximum Gasteiger partial charge on any atom is 0.239 e. The van der Waals surface area contributed by atoms with Crippen molar-refractivity contribution in [3.8, 4) is 0 Å². The second kappa shape index (κ2) is 5.93. The first-order valence-corrected chi connectivity index (χ1v) is 7.16. The van der Waals surface area contributed by atoms with Gasteiger partial charge in [-0.25, -0.2) is 0 Å². The van der Waals surface area contributed by atoms with Crippen LogP contribution < -0.4 is 5.73 Å². The average Bonchev–Trinajstić information content (AvgIpc) is 2.65. The highest BCUT2D eigenvalue weighted by Crippen LogP contribution is 2.16. The molecule has 0 aliphatic carbocycles. The predicted molar refractivity (Wildman–Crippen MR) is 78.2 cm³/mol. The van der Waals surface area contributed by atoms with Gasteiger partial charge in [-0.05, 0) is 20.8 Å². The van der Waals surface area contributed by atoms with E-state index in [1.807, 2.05) is 16.6 Å². The van der Waals surface area contributed by atoms with Crippen molar-refractivity contribution >= 4 is 5.91 Å². The Bertz CT molecular complexity index is 486. The fourth-order valence-corrected chi connectivity index (χ4v) is 2.68. The number of carbonyl (C=O) groups is 1. The third kappa shape index (κ3) is 3.02. The zero-order chi connectivity index (χ0) is 14.9. The third-order valence-electron chi connectivity index (χ3n) is 4.11. The lowest BCUT2D eigenvalue weighted by atomic mass is 10.1. The van der Waals surface area contributed by atoms with Crippen molar-refractivity contribution in [2.45, 2.75) is 33.4 Å². The summed E-state index contributed by atoms with van der Waals surface area (Å²) in [5.74, 6) is 0.0541. The highest BCUT2D eigenvalue weighted by Gasteiger charge is 2.24. The molecule has 2 N–H and O–H groups in total. The summed E-state index contributed by atoms with van der Waals surface area (Å²) in [5, 5.41) is 4.45. The van der Waals surface area contributed by atoms with E-state index in [2.05, 4.69) is 23.8 Å². The summed E-state index contributed by atoms with van der Waals surface area (Å²) in [4.78, 5) is 16.1. The second-order valence-electron chi connectivity index (χ2n) is 5.66. The molecule has 6 nitrogen and oxygen atoms in total. The molecule has 0 radical (unpaired) electrons. The van der Waals surface area contributed by atoms with Crippen LogP contribution in [0.3, 0.4) is 0 Å². The van der Waals surface area contributed by atoms with Gasteiger partial charge in [0.05, 0.1) is 11.7 Å². The van der Waals surface area contributed by atoms with Crippen LogP contribution in [0.2, 0.25) is 0 Å². The SMILES string of the molecule is Cc1nn(C)c(C)c1CN1CCN(C(=O)C(C)N)CC1. The van der Waals surface area contributed by atoms with Crippen LogP contribution in [0.1, 0.15) is 23.9 Å². The quantitative estimate of drug-likeness (QED) is 0.847. The number of hydrogen-bond acceptors (Lipinski definition) is 4. The molecule has 0 spiro atoms. The third-order valence-corrected chi connectivity index (χ3v) is 4.11. The van der Waals surface area contributed by atoms with Crippen molar-refractivity contribution in [1.82, 2.24) is 19.6 Å². The summed E-state index contributed by atoms with van der Waals surface area (Å²) in [7, 11) is 1.98. The molecule has 0 bridgehead atoms. The van der Waals surface area contributed by atoms with Gasteiger partial charge in [0, 0.05) is 51.0 Å². The zero-order valence-corrected chi connectivity index (χ0v) is 12.9. The summed E-state index contributed by atoms with van der Waals surface area (Å²) in [5.41, 5.74) is 9.27. The van der Waals surface area contributed by atoms with Gasteiger partial charge in [-0.3, -0.25) is 14.4 Å². The summed E-state index contributed by atoms with van der Waals surface area (Å²) >= 11 is 0. The molecular weight excluding hydrogens is 254 g/mol. The van der Waals surface area contributed by atoms with E-state index in [-0.39, 0.29) is 5.91 Å². The molecule has 1 aromatic rings. The van der Waals surface area contributed by atoms with E-state index >= 15 is 0 Å². The van der Waals surface area contributed by atoms with Crippen LogP contribution in [-0.4, -0.2) is 57.7 Å². The molecule has 0 aromatic carbocycles. The van der Waals surface area contributed by atoms with Crippen molar-refractivity contribution in [2.24, 2.45) is 12.8 Å².